The van der Waals surface area contributed by atoms with Crippen LogP contribution in [0.4, 0.5) is 4.39 Å². The zero-order valence-electron chi connectivity index (χ0n) is 12.4. The van der Waals surface area contributed by atoms with E-state index < -0.39 is 5.82 Å². The van der Waals surface area contributed by atoms with Crippen molar-refractivity contribution in [1.29, 1.82) is 0 Å². The molecule has 1 N–H and O–H groups in total. The monoisotopic (exact) mass is 290 g/mol. The minimum absolute atomic E-state index is 0.00747. The first kappa shape index (κ1) is 15.3. The Morgan fingerprint density at radius 3 is 2.38 bits per heavy atom. The summed E-state index contributed by atoms with van der Waals surface area (Å²) in [7, 11) is 1.44. The van der Waals surface area contributed by atoms with Crippen LogP contribution >= 0.6 is 0 Å². The lowest BCUT2D eigenvalue weighted by atomic mass is 10.1. The molecular formula is C17H19FO3. The van der Waals surface area contributed by atoms with E-state index in [2.05, 4.69) is 0 Å². The predicted molar refractivity (Wildman–Crippen MR) is 79.1 cm³/mol. The van der Waals surface area contributed by atoms with Crippen LogP contribution in [0.3, 0.4) is 0 Å². The second-order valence-corrected chi connectivity index (χ2v) is 4.94. The zero-order valence-corrected chi connectivity index (χ0v) is 12.4. The fourth-order valence-electron chi connectivity index (χ4n) is 2.33. The lowest BCUT2D eigenvalue weighted by Crippen LogP contribution is -2.03. The van der Waals surface area contributed by atoms with Crippen molar-refractivity contribution in [2.24, 2.45) is 0 Å². The van der Waals surface area contributed by atoms with Crippen LogP contribution in [0, 0.1) is 19.7 Å². The third kappa shape index (κ3) is 3.34. The minimum Gasteiger partial charge on any atom is -0.494 e. The molecule has 0 spiro atoms. The lowest BCUT2D eigenvalue weighted by Gasteiger charge is -2.14. The summed E-state index contributed by atoms with van der Waals surface area (Å²) in [5, 5.41) is 9.18. The van der Waals surface area contributed by atoms with Crippen LogP contribution in [0.2, 0.25) is 0 Å². The van der Waals surface area contributed by atoms with Crippen LogP contribution in [0.1, 0.15) is 22.3 Å². The fraction of sp³-hybridized carbons (Fsp3) is 0.294. The van der Waals surface area contributed by atoms with E-state index in [0.29, 0.717) is 5.56 Å². The molecule has 0 aliphatic carbocycles. The molecule has 0 aromatic heterocycles. The first-order valence-corrected chi connectivity index (χ1v) is 6.72. The maximum atomic E-state index is 14.1. The predicted octanol–water partition coefficient (Wildman–Crippen LogP) is 3.52. The smallest absolute Gasteiger partial charge is 0.171 e. The molecule has 0 saturated heterocycles. The Labute approximate surface area is 124 Å². The van der Waals surface area contributed by atoms with Gasteiger partial charge in [0, 0.05) is 5.56 Å². The molecule has 0 amide bonds. The Hall–Kier alpha value is -2.07. The van der Waals surface area contributed by atoms with Gasteiger partial charge in [0.05, 0.1) is 13.7 Å². The van der Waals surface area contributed by atoms with Crippen molar-refractivity contribution in [2.45, 2.75) is 27.1 Å². The van der Waals surface area contributed by atoms with Gasteiger partial charge in [0.2, 0.25) is 0 Å². The van der Waals surface area contributed by atoms with Gasteiger partial charge in [-0.1, -0.05) is 24.3 Å². The van der Waals surface area contributed by atoms with Gasteiger partial charge in [-0.15, -0.1) is 0 Å². The first-order chi connectivity index (χ1) is 10.1. The number of hydrogen-bond acceptors (Lipinski definition) is 3. The second-order valence-electron chi connectivity index (χ2n) is 4.94. The summed E-state index contributed by atoms with van der Waals surface area (Å²) in [6, 6.07) is 8.71. The lowest BCUT2D eigenvalue weighted by molar-refractivity contribution is 0.279. The van der Waals surface area contributed by atoms with Gasteiger partial charge in [-0.25, -0.2) is 4.39 Å². The van der Waals surface area contributed by atoms with Crippen LogP contribution in [0.15, 0.2) is 30.3 Å². The summed E-state index contributed by atoms with van der Waals surface area (Å²) < 4.78 is 24.8. The van der Waals surface area contributed by atoms with Gasteiger partial charge in [-0.2, -0.15) is 0 Å². The number of ether oxygens (including phenoxy) is 2. The Morgan fingerprint density at radius 1 is 1.14 bits per heavy atom. The average Bonchev–Trinajstić information content (AvgIpc) is 2.47. The molecule has 0 bridgehead atoms. The van der Waals surface area contributed by atoms with Crippen molar-refractivity contribution in [3.05, 3.63) is 58.4 Å². The second kappa shape index (κ2) is 6.59. The van der Waals surface area contributed by atoms with E-state index in [1.165, 1.54) is 7.11 Å². The summed E-state index contributed by atoms with van der Waals surface area (Å²) >= 11 is 0. The van der Waals surface area contributed by atoms with Gasteiger partial charge >= 0.3 is 0 Å². The zero-order chi connectivity index (χ0) is 15.4. The van der Waals surface area contributed by atoms with E-state index in [0.717, 1.165) is 22.4 Å². The van der Waals surface area contributed by atoms with Gasteiger partial charge in [0.25, 0.3) is 0 Å². The first-order valence-electron chi connectivity index (χ1n) is 6.72. The van der Waals surface area contributed by atoms with Crippen molar-refractivity contribution in [3.63, 3.8) is 0 Å². The topological polar surface area (TPSA) is 38.7 Å². The van der Waals surface area contributed by atoms with E-state index in [9.17, 15) is 9.50 Å². The summed E-state index contributed by atoms with van der Waals surface area (Å²) in [5.74, 6) is 0.525. The number of halogens is 1. The quantitative estimate of drug-likeness (QED) is 0.915. The summed E-state index contributed by atoms with van der Waals surface area (Å²) in [6.45, 7) is 3.93. The Bertz CT molecular complexity index is 615. The molecule has 112 valence electrons. The summed E-state index contributed by atoms with van der Waals surface area (Å²) in [6.07, 6.45) is 0. The number of methoxy groups -OCH3 is 1. The van der Waals surface area contributed by atoms with Crippen molar-refractivity contribution >= 4 is 0 Å². The molecule has 21 heavy (non-hydrogen) atoms. The van der Waals surface area contributed by atoms with Crippen LogP contribution in [-0.4, -0.2) is 12.2 Å². The standard InChI is InChI=1S/C17H19FO3/c1-11-7-13(9-19)8-12(2)17(11)21-10-14-5-4-6-15(20-3)16(14)18/h4-8,19H,9-10H2,1-3H3. The number of rotatable bonds is 5. The van der Waals surface area contributed by atoms with Crippen LogP contribution in [0.25, 0.3) is 0 Å². The molecular weight excluding hydrogens is 271 g/mol. The fourth-order valence-corrected chi connectivity index (χ4v) is 2.33. The highest BCUT2D eigenvalue weighted by atomic mass is 19.1. The average molecular weight is 290 g/mol. The van der Waals surface area contributed by atoms with E-state index in [1.807, 2.05) is 26.0 Å². The molecule has 0 heterocycles. The summed E-state index contributed by atoms with van der Waals surface area (Å²) in [5.41, 5.74) is 3.12. The largest absolute Gasteiger partial charge is 0.494 e. The SMILES string of the molecule is COc1cccc(COc2c(C)cc(CO)cc2C)c1F. The number of benzene rings is 2. The molecule has 2 aromatic carbocycles. The number of hydrogen-bond donors (Lipinski definition) is 1. The molecule has 3 nitrogen and oxygen atoms in total. The minimum atomic E-state index is -0.401. The maximum absolute atomic E-state index is 14.1. The van der Waals surface area contributed by atoms with Crippen molar-refractivity contribution in [2.75, 3.05) is 7.11 Å². The van der Waals surface area contributed by atoms with Crippen molar-refractivity contribution in [3.8, 4) is 11.5 Å². The Morgan fingerprint density at radius 2 is 1.81 bits per heavy atom. The van der Waals surface area contributed by atoms with E-state index >= 15 is 0 Å². The van der Waals surface area contributed by atoms with Gasteiger partial charge in [-0.3, -0.25) is 0 Å². The Balaban J connectivity index is 2.21. The third-order valence-electron chi connectivity index (χ3n) is 3.34. The third-order valence-corrected chi connectivity index (χ3v) is 3.34. The molecule has 0 aliphatic rings. The molecule has 0 atom stereocenters. The molecule has 0 radical (unpaired) electrons. The van der Waals surface area contributed by atoms with Gasteiger partial charge in [0.1, 0.15) is 12.4 Å². The van der Waals surface area contributed by atoms with Crippen molar-refractivity contribution in [1.82, 2.24) is 0 Å². The Kier molecular flexibility index (Phi) is 4.81. The van der Waals surface area contributed by atoms with E-state index in [1.54, 1.807) is 18.2 Å². The van der Waals surface area contributed by atoms with Gasteiger partial charge < -0.3 is 14.6 Å². The van der Waals surface area contributed by atoms with Crippen LogP contribution < -0.4 is 9.47 Å². The number of aryl methyl sites for hydroxylation is 2. The van der Waals surface area contributed by atoms with Gasteiger partial charge in [-0.05, 0) is 36.6 Å². The van der Waals surface area contributed by atoms with Crippen molar-refractivity contribution < 1.29 is 19.0 Å². The highest BCUT2D eigenvalue weighted by Gasteiger charge is 2.11. The van der Waals surface area contributed by atoms with E-state index in [-0.39, 0.29) is 19.0 Å². The van der Waals surface area contributed by atoms with Gasteiger partial charge in [0.15, 0.2) is 11.6 Å². The summed E-state index contributed by atoms with van der Waals surface area (Å²) in [4.78, 5) is 0. The van der Waals surface area contributed by atoms with Crippen LogP contribution in [-0.2, 0) is 13.2 Å². The number of aliphatic hydroxyl groups excluding tert-OH is 1. The molecule has 0 aliphatic heterocycles. The molecule has 4 heteroatoms. The maximum Gasteiger partial charge on any atom is 0.171 e. The molecule has 0 saturated carbocycles. The molecule has 2 rings (SSSR count). The molecule has 2 aromatic rings. The highest BCUT2D eigenvalue weighted by Crippen LogP contribution is 2.27. The number of aliphatic hydroxyl groups is 1. The van der Waals surface area contributed by atoms with Crippen LogP contribution in [0.5, 0.6) is 11.5 Å². The molecule has 0 fully saturated rings. The van der Waals surface area contributed by atoms with E-state index in [4.69, 9.17) is 9.47 Å². The molecule has 0 unspecified atom stereocenters. The normalized spacial score (nSPS) is 10.5. The highest BCUT2D eigenvalue weighted by molar-refractivity contribution is 5.43.